The lowest BCUT2D eigenvalue weighted by molar-refractivity contribution is 0.0697. The number of rotatable bonds is 1. The van der Waals surface area contributed by atoms with Crippen molar-refractivity contribution in [2.45, 2.75) is 6.42 Å². The maximum atomic E-state index is 11.1. The zero-order chi connectivity index (χ0) is 13.7. The molecule has 0 bridgehead atoms. The van der Waals surface area contributed by atoms with E-state index in [4.69, 9.17) is 9.52 Å². The molecule has 1 N–H and O–H groups in total. The van der Waals surface area contributed by atoms with Crippen LogP contribution in [0.25, 0.3) is 28.5 Å². The maximum Gasteiger partial charge on any atom is 0.335 e. The van der Waals surface area contributed by atoms with Gasteiger partial charge in [0.25, 0.3) is 0 Å². The van der Waals surface area contributed by atoms with Crippen molar-refractivity contribution in [2.75, 3.05) is 0 Å². The van der Waals surface area contributed by atoms with E-state index in [1.54, 1.807) is 12.1 Å². The first-order valence-electron chi connectivity index (χ1n) is 6.22. The third-order valence-corrected chi connectivity index (χ3v) is 3.53. The van der Waals surface area contributed by atoms with Crippen LogP contribution in [0.5, 0.6) is 0 Å². The second kappa shape index (κ2) is 3.84. The summed E-state index contributed by atoms with van der Waals surface area (Å²) in [7, 11) is 0. The zero-order valence-electron chi connectivity index (χ0n) is 10.4. The fourth-order valence-corrected chi connectivity index (χ4v) is 2.59. The second-order valence-corrected chi connectivity index (χ2v) is 4.69. The van der Waals surface area contributed by atoms with Crippen LogP contribution in [0.3, 0.4) is 0 Å². The highest BCUT2D eigenvalue weighted by molar-refractivity contribution is 5.96. The topological polar surface area (TPSA) is 68.3 Å². The quantitative estimate of drug-likeness (QED) is 0.735. The van der Waals surface area contributed by atoms with Gasteiger partial charge < -0.3 is 14.1 Å². The van der Waals surface area contributed by atoms with Gasteiger partial charge in [-0.15, -0.1) is 0 Å². The number of nitrogens with zero attached hydrogens (tertiary/aromatic N) is 2. The number of oxazole rings is 1. The zero-order valence-corrected chi connectivity index (χ0v) is 10.4. The molecule has 98 valence electrons. The van der Waals surface area contributed by atoms with Gasteiger partial charge in [-0.1, -0.05) is 12.1 Å². The van der Waals surface area contributed by atoms with Crippen molar-refractivity contribution < 1.29 is 14.3 Å². The lowest BCUT2D eigenvalue weighted by Crippen LogP contribution is -1.96. The highest BCUT2D eigenvalue weighted by atomic mass is 16.4. The molecule has 0 fully saturated rings. The van der Waals surface area contributed by atoms with Crippen molar-refractivity contribution in [2.24, 2.45) is 0 Å². The Hall–Kier alpha value is -2.82. The van der Waals surface area contributed by atoms with Crippen LogP contribution in [-0.4, -0.2) is 20.6 Å². The van der Waals surface area contributed by atoms with Crippen LogP contribution < -0.4 is 0 Å². The molecule has 1 aliphatic rings. The van der Waals surface area contributed by atoms with E-state index in [0.29, 0.717) is 6.42 Å². The Kier molecular flexibility index (Phi) is 2.12. The van der Waals surface area contributed by atoms with Crippen molar-refractivity contribution in [1.29, 1.82) is 0 Å². The Morgan fingerprint density at radius 2 is 2.25 bits per heavy atom. The number of aromatic nitrogens is 2. The Bertz CT molecular complexity index is 871. The smallest absolute Gasteiger partial charge is 0.335 e. The monoisotopic (exact) mass is 266 g/mol. The predicted molar refractivity (Wildman–Crippen MR) is 73.4 cm³/mol. The van der Waals surface area contributed by atoms with E-state index in [0.717, 1.165) is 28.1 Å². The molecule has 0 unspecified atom stereocenters. The standard InChI is InChI=1S/C15H10N2O3/c18-15(19)10-4-3-9-6-12-14-13(20-8-16-14)2-1-5-17(12)11(9)7-10/h1,3-8H,2H2,(H,18,19). The van der Waals surface area contributed by atoms with Crippen molar-refractivity contribution in [3.63, 3.8) is 0 Å². The summed E-state index contributed by atoms with van der Waals surface area (Å²) in [4.78, 5) is 15.4. The lowest BCUT2D eigenvalue weighted by atomic mass is 10.1. The highest BCUT2D eigenvalue weighted by Crippen LogP contribution is 2.32. The van der Waals surface area contributed by atoms with Gasteiger partial charge in [-0.3, -0.25) is 0 Å². The molecule has 3 aromatic rings. The van der Waals surface area contributed by atoms with E-state index in [9.17, 15) is 4.79 Å². The number of aromatic carboxylic acids is 1. The van der Waals surface area contributed by atoms with E-state index in [-0.39, 0.29) is 5.56 Å². The number of hydrogen-bond acceptors (Lipinski definition) is 3. The van der Waals surface area contributed by atoms with E-state index in [1.807, 2.05) is 29.0 Å². The molecule has 2 aromatic heterocycles. The number of carbonyl (C=O) groups is 1. The summed E-state index contributed by atoms with van der Waals surface area (Å²) in [5.41, 5.74) is 2.85. The largest absolute Gasteiger partial charge is 0.478 e. The Labute approximate surface area is 113 Å². The fourth-order valence-electron chi connectivity index (χ4n) is 2.59. The van der Waals surface area contributed by atoms with Gasteiger partial charge in [0.2, 0.25) is 0 Å². The minimum atomic E-state index is -0.929. The molecule has 0 radical (unpaired) electrons. The normalized spacial score (nSPS) is 13.0. The van der Waals surface area contributed by atoms with Crippen molar-refractivity contribution >= 4 is 23.1 Å². The van der Waals surface area contributed by atoms with Crippen molar-refractivity contribution in [1.82, 2.24) is 9.55 Å². The molecule has 0 aliphatic carbocycles. The summed E-state index contributed by atoms with van der Waals surface area (Å²) < 4.78 is 7.34. The summed E-state index contributed by atoms with van der Waals surface area (Å²) in [5, 5.41) is 10.1. The molecule has 0 atom stereocenters. The van der Waals surface area contributed by atoms with Crippen LogP contribution in [0.4, 0.5) is 0 Å². The first-order chi connectivity index (χ1) is 9.74. The summed E-state index contributed by atoms with van der Waals surface area (Å²) in [6.07, 6.45) is 6.03. The van der Waals surface area contributed by atoms with Gasteiger partial charge in [0.15, 0.2) is 6.39 Å². The van der Waals surface area contributed by atoms with Crippen LogP contribution in [0.2, 0.25) is 0 Å². The predicted octanol–water partition coefficient (Wildman–Crippen LogP) is 3.02. The van der Waals surface area contributed by atoms with Gasteiger partial charge in [-0.2, -0.15) is 0 Å². The minimum Gasteiger partial charge on any atom is -0.478 e. The number of carboxylic acid groups (broad SMARTS) is 1. The molecule has 0 saturated carbocycles. The van der Waals surface area contributed by atoms with Gasteiger partial charge in [0.05, 0.1) is 16.8 Å². The van der Waals surface area contributed by atoms with E-state index >= 15 is 0 Å². The summed E-state index contributed by atoms with van der Waals surface area (Å²) in [6.45, 7) is 0. The number of allylic oxidation sites excluding steroid dienone is 1. The number of carboxylic acids is 1. The van der Waals surface area contributed by atoms with Gasteiger partial charge in [-0.25, -0.2) is 9.78 Å². The number of hydrogen-bond donors (Lipinski definition) is 1. The van der Waals surface area contributed by atoms with Gasteiger partial charge in [-0.05, 0) is 18.2 Å². The second-order valence-electron chi connectivity index (χ2n) is 4.69. The molecule has 0 amide bonds. The van der Waals surface area contributed by atoms with Crippen LogP contribution >= 0.6 is 0 Å². The number of fused-ring (bicyclic) bond motifs is 5. The number of benzene rings is 1. The molecular weight excluding hydrogens is 256 g/mol. The Morgan fingerprint density at radius 1 is 1.35 bits per heavy atom. The van der Waals surface area contributed by atoms with Crippen LogP contribution in [0.15, 0.2) is 41.2 Å². The Balaban J connectivity index is 2.06. The molecule has 20 heavy (non-hydrogen) atoms. The third-order valence-electron chi connectivity index (χ3n) is 3.53. The summed E-state index contributed by atoms with van der Waals surface area (Å²) in [6, 6.07) is 7.10. The molecule has 5 nitrogen and oxygen atoms in total. The SMILES string of the molecule is O=C(O)c1ccc2cc3n(c2c1)C=CCc1ocnc1-3. The molecule has 4 rings (SSSR count). The highest BCUT2D eigenvalue weighted by Gasteiger charge is 2.19. The maximum absolute atomic E-state index is 11.1. The van der Waals surface area contributed by atoms with Crippen LogP contribution in [0, 0.1) is 0 Å². The Morgan fingerprint density at radius 3 is 3.10 bits per heavy atom. The summed E-state index contributed by atoms with van der Waals surface area (Å²) in [5.74, 6) is -0.108. The van der Waals surface area contributed by atoms with E-state index in [1.165, 1.54) is 6.39 Å². The fraction of sp³-hybridized carbons (Fsp3) is 0.0667. The molecule has 1 aromatic carbocycles. The van der Waals surface area contributed by atoms with Crippen LogP contribution in [-0.2, 0) is 6.42 Å². The lowest BCUT2D eigenvalue weighted by Gasteiger charge is -2.02. The molecular formula is C15H10N2O3. The van der Waals surface area contributed by atoms with E-state index in [2.05, 4.69) is 4.98 Å². The first kappa shape index (κ1) is 11.0. The molecule has 1 aliphatic heterocycles. The molecule has 0 saturated heterocycles. The third kappa shape index (κ3) is 1.43. The summed E-state index contributed by atoms with van der Waals surface area (Å²) >= 11 is 0. The van der Waals surface area contributed by atoms with E-state index < -0.39 is 5.97 Å². The minimum absolute atomic E-state index is 0.274. The van der Waals surface area contributed by atoms with Gasteiger partial charge >= 0.3 is 5.97 Å². The van der Waals surface area contributed by atoms with Crippen LogP contribution in [0.1, 0.15) is 16.1 Å². The van der Waals surface area contributed by atoms with Crippen molar-refractivity contribution in [3.05, 3.63) is 48.1 Å². The van der Waals surface area contributed by atoms with Gasteiger partial charge in [0, 0.05) is 18.0 Å². The average Bonchev–Trinajstić information content (AvgIpc) is 2.99. The van der Waals surface area contributed by atoms with Crippen molar-refractivity contribution in [3.8, 4) is 11.4 Å². The molecule has 3 heterocycles. The molecule has 5 heteroatoms. The average molecular weight is 266 g/mol. The molecule has 0 spiro atoms. The van der Waals surface area contributed by atoms with Gasteiger partial charge in [0.1, 0.15) is 11.5 Å². The first-order valence-corrected chi connectivity index (χ1v) is 6.22.